The second kappa shape index (κ2) is 6.27. The molecular weight excluding hydrogens is 285 g/mol. The van der Waals surface area contributed by atoms with Crippen molar-refractivity contribution in [1.82, 2.24) is 0 Å². The summed E-state index contributed by atoms with van der Waals surface area (Å²) in [5, 5.41) is 10.6. The monoisotopic (exact) mass is 301 g/mol. The van der Waals surface area contributed by atoms with Gasteiger partial charge < -0.3 is 0 Å². The van der Waals surface area contributed by atoms with Gasteiger partial charge in [-0.3, -0.25) is 0 Å². The average molecular weight is 300 g/mol. The van der Waals surface area contributed by atoms with Gasteiger partial charge in [-0.05, 0) is 0 Å². The molecule has 5 nitrogen and oxygen atoms in total. The van der Waals surface area contributed by atoms with Crippen LogP contribution in [-0.2, 0) is 10.1 Å². The molecule has 0 heterocycles. The zero-order valence-corrected chi connectivity index (χ0v) is 11.5. The number of benzene rings is 1. The van der Waals surface area contributed by atoms with Gasteiger partial charge in [0.05, 0.1) is 0 Å². The van der Waals surface area contributed by atoms with Gasteiger partial charge in [0.15, 0.2) is 0 Å². The van der Waals surface area contributed by atoms with Crippen molar-refractivity contribution in [3.63, 3.8) is 0 Å². The van der Waals surface area contributed by atoms with Crippen LogP contribution < -0.4 is 15.8 Å². The van der Waals surface area contributed by atoms with Crippen molar-refractivity contribution in [2.75, 3.05) is 12.4 Å². The molecule has 1 aromatic carbocycles. The second-order valence-corrected chi connectivity index (χ2v) is 5.50. The second-order valence-electron chi connectivity index (χ2n) is 3.37. The number of methoxy groups -OCH3 is 1. The molecule has 0 spiro atoms. The number of amidine groups is 1. The molecule has 0 aliphatic rings. The number of rotatable bonds is 5. The molecule has 0 fully saturated rings. The number of carbonyl (C=O) groups is 1. The van der Waals surface area contributed by atoms with E-state index in [-0.39, 0.29) is 25.6 Å². The Bertz CT molecular complexity index is 435. The number of hydrogen-bond donors (Lipinski definition) is 3. The van der Waals surface area contributed by atoms with Gasteiger partial charge in [-0.2, -0.15) is 0 Å². The van der Waals surface area contributed by atoms with E-state index in [9.17, 15) is 4.79 Å². The number of hydrogen-bond acceptors (Lipinski definition) is 3. The summed E-state index contributed by atoms with van der Waals surface area (Å²) in [5.74, 6) is 0.483. The van der Waals surface area contributed by atoms with Gasteiger partial charge >= 0.3 is 106 Å². The molecule has 0 atom stereocenters. The summed E-state index contributed by atoms with van der Waals surface area (Å²) in [4.78, 5) is 11.0. The Morgan fingerprint density at radius 1 is 1.59 bits per heavy atom. The molecule has 0 bridgehead atoms. The van der Waals surface area contributed by atoms with Crippen LogP contribution in [-0.4, -0.2) is 32.7 Å². The SMILES string of the molecule is COc1ccc(C[Se]C(=N)N)cc1NC(C)=O. The Morgan fingerprint density at radius 2 is 2.29 bits per heavy atom. The van der Waals surface area contributed by atoms with Gasteiger partial charge in [-0.25, -0.2) is 0 Å². The fourth-order valence-corrected chi connectivity index (χ4v) is 2.35. The predicted octanol–water partition coefficient (Wildman–Crippen LogP) is 0.751. The van der Waals surface area contributed by atoms with E-state index < -0.39 is 0 Å². The number of nitrogens with two attached hydrogens (primary N) is 1. The Labute approximate surface area is 106 Å². The number of ether oxygens (including phenoxy) is 1. The zero-order valence-electron chi connectivity index (χ0n) is 9.74. The fourth-order valence-electron chi connectivity index (χ4n) is 1.29. The van der Waals surface area contributed by atoms with E-state index in [0.717, 1.165) is 10.9 Å². The summed E-state index contributed by atoms with van der Waals surface area (Å²) in [6.07, 6.45) is 0. The van der Waals surface area contributed by atoms with Crippen molar-refractivity contribution >= 4 is 31.3 Å². The third-order valence-electron chi connectivity index (χ3n) is 1.97. The minimum absolute atomic E-state index is 0.0396. The first-order valence-corrected chi connectivity index (χ1v) is 7.01. The van der Waals surface area contributed by atoms with Crippen LogP contribution in [0.15, 0.2) is 18.2 Å². The number of anilines is 1. The molecular formula is C11H15N3O2Se. The quantitative estimate of drug-likeness (QED) is 0.426. The van der Waals surface area contributed by atoms with E-state index in [0.29, 0.717) is 11.4 Å². The minimum atomic E-state index is -0.141. The molecule has 17 heavy (non-hydrogen) atoms. The number of carbonyl (C=O) groups excluding carboxylic acids is 1. The van der Waals surface area contributed by atoms with Crippen LogP contribution in [0.3, 0.4) is 0 Å². The molecule has 1 aromatic rings. The number of nitrogens with one attached hydrogen (secondary N) is 2. The topological polar surface area (TPSA) is 88.2 Å². The van der Waals surface area contributed by atoms with E-state index in [1.165, 1.54) is 6.92 Å². The van der Waals surface area contributed by atoms with E-state index >= 15 is 0 Å². The molecule has 92 valence electrons. The van der Waals surface area contributed by atoms with Crippen molar-refractivity contribution in [3.8, 4) is 5.75 Å². The van der Waals surface area contributed by atoms with Gasteiger partial charge in [0.1, 0.15) is 0 Å². The summed E-state index contributed by atoms with van der Waals surface area (Å²) in [6, 6.07) is 5.57. The summed E-state index contributed by atoms with van der Waals surface area (Å²) < 4.78 is 5.37. The zero-order chi connectivity index (χ0) is 12.8. The van der Waals surface area contributed by atoms with Crippen molar-refractivity contribution in [2.45, 2.75) is 12.2 Å². The van der Waals surface area contributed by atoms with Crippen LogP contribution >= 0.6 is 0 Å². The van der Waals surface area contributed by atoms with Crippen molar-refractivity contribution in [3.05, 3.63) is 23.8 Å². The molecule has 0 unspecified atom stereocenters. The molecule has 0 saturated heterocycles. The van der Waals surface area contributed by atoms with Crippen LogP contribution in [0, 0.1) is 5.41 Å². The maximum absolute atomic E-state index is 11.0. The van der Waals surface area contributed by atoms with E-state index in [4.69, 9.17) is 15.9 Å². The van der Waals surface area contributed by atoms with Crippen molar-refractivity contribution in [2.24, 2.45) is 5.73 Å². The standard InChI is InChI=1S/C11H15N3O2Se/c1-7(15)14-9-5-8(6-17-11(12)13)3-4-10(9)16-2/h3-5H,6H2,1-2H3,(H3,12,13)(H,14,15). The van der Waals surface area contributed by atoms with Gasteiger partial charge in [0, 0.05) is 0 Å². The Balaban J connectivity index is 2.87. The molecule has 0 radical (unpaired) electrons. The van der Waals surface area contributed by atoms with Gasteiger partial charge in [0.25, 0.3) is 0 Å². The summed E-state index contributed by atoms with van der Waals surface area (Å²) >= 11 is -0.0396. The first kappa shape index (κ1) is 13.5. The Kier molecular flexibility index (Phi) is 5.00. The third kappa shape index (κ3) is 4.46. The molecule has 1 rings (SSSR count). The predicted molar refractivity (Wildman–Crippen MR) is 68.7 cm³/mol. The first-order chi connectivity index (χ1) is 8.02. The molecule has 0 saturated carbocycles. The normalized spacial score (nSPS) is 9.76. The summed E-state index contributed by atoms with van der Waals surface area (Å²) in [5.41, 5.74) is 7.01. The van der Waals surface area contributed by atoms with Gasteiger partial charge in [-0.15, -0.1) is 0 Å². The van der Waals surface area contributed by atoms with Crippen LogP contribution in [0.4, 0.5) is 5.69 Å². The number of amides is 1. The molecule has 0 aliphatic carbocycles. The fraction of sp³-hybridized carbons (Fsp3) is 0.273. The van der Waals surface area contributed by atoms with Crippen LogP contribution in [0.1, 0.15) is 12.5 Å². The Morgan fingerprint density at radius 3 is 2.82 bits per heavy atom. The molecule has 0 aromatic heterocycles. The maximum atomic E-state index is 11.0. The third-order valence-corrected chi connectivity index (χ3v) is 3.62. The summed E-state index contributed by atoms with van der Waals surface area (Å²) in [7, 11) is 1.56. The van der Waals surface area contributed by atoms with E-state index in [2.05, 4.69) is 5.32 Å². The van der Waals surface area contributed by atoms with Gasteiger partial charge in [0.2, 0.25) is 0 Å². The van der Waals surface area contributed by atoms with Crippen molar-refractivity contribution in [1.29, 1.82) is 5.41 Å². The Hall–Kier alpha value is -1.52. The van der Waals surface area contributed by atoms with Crippen LogP contribution in [0.2, 0.25) is 0 Å². The molecule has 4 N–H and O–H groups in total. The van der Waals surface area contributed by atoms with E-state index in [1.807, 2.05) is 12.1 Å². The van der Waals surface area contributed by atoms with Crippen LogP contribution in [0.25, 0.3) is 0 Å². The van der Waals surface area contributed by atoms with Crippen LogP contribution in [0.5, 0.6) is 5.75 Å². The van der Waals surface area contributed by atoms with E-state index in [1.54, 1.807) is 13.2 Å². The molecule has 0 aliphatic heterocycles. The first-order valence-electron chi connectivity index (χ1n) is 4.94. The summed E-state index contributed by atoms with van der Waals surface area (Å²) in [6.45, 7) is 1.45. The average Bonchev–Trinajstić information content (AvgIpc) is 2.25. The molecule has 1 amide bonds. The van der Waals surface area contributed by atoms with Gasteiger partial charge in [-0.1, -0.05) is 0 Å². The molecule has 6 heteroatoms. The van der Waals surface area contributed by atoms with Crippen molar-refractivity contribution < 1.29 is 9.53 Å².